The molecule has 0 saturated carbocycles. The second kappa shape index (κ2) is 9.48. The van der Waals surface area contributed by atoms with E-state index in [1.54, 1.807) is 0 Å². The third-order valence-electron chi connectivity index (χ3n) is 1.73. The van der Waals surface area contributed by atoms with E-state index in [9.17, 15) is 4.79 Å². The first-order valence-corrected chi connectivity index (χ1v) is 4.70. The Kier molecular flexibility index (Phi) is 10.9. The lowest BCUT2D eigenvalue weighted by atomic mass is 10.4. The Hall–Kier alpha value is -0.610. The predicted octanol–water partition coefficient (Wildman–Crippen LogP) is 0.766. The van der Waals surface area contributed by atoms with Crippen LogP contribution in [0.5, 0.6) is 0 Å². The Morgan fingerprint density at radius 3 is 1.54 bits per heavy atom. The van der Waals surface area contributed by atoms with E-state index >= 15 is 0 Å². The molecule has 0 aliphatic heterocycles. The highest BCUT2D eigenvalue weighted by molar-refractivity contribution is 5.72. The summed E-state index contributed by atoms with van der Waals surface area (Å²) in [6, 6.07) is -0.731. The number of hydrogen-bond acceptors (Lipinski definition) is 3. The smallest absolute Gasteiger partial charge is 0.320 e. The minimum Gasteiger partial charge on any atom is -0.480 e. The summed E-state index contributed by atoms with van der Waals surface area (Å²) in [5.74, 6) is -0.963. The molecule has 0 aliphatic carbocycles. The van der Waals surface area contributed by atoms with Crippen LogP contribution in [0, 0.1) is 0 Å². The van der Waals surface area contributed by atoms with Gasteiger partial charge in [-0.15, -0.1) is 0 Å². The molecule has 0 aromatic heterocycles. The molecule has 0 radical (unpaired) electrons. The van der Waals surface area contributed by atoms with Crippen LogP contribution in [-0.2, 0) is 4.79 Å². The zero-order valence-electron chi connectivity index (χ0n) is 9.08. The van der Waals surface area contributed by atoms with Gasteiger partial charge in [0.1, 0.15) is 6.04 Å². The van der Waals surface area contributed by atoms with Gasteiger partial charge in [-0.3, -0.25) is 4.79 Å². The van der Waals surface area contributed by atoms with Gasteiger partial charge in [-0.2, -0.15) is 0 Å². The number of nitrogens with zero attached hydrogens (tertiary/aromatic N) is 1. The minimum atomic E-state index is -0.963. The highest BCUT2D eigenvalue weighted by Crippen LogP contribution is 1.81. The van der Waals surface area contributed by atoms with Gasteiger partial charge in [0.2, 0.25) is 0 Å². The van der Waals surface area contributed by atoms with Crippen molar-refractivity contribution in [1.29, 1.82) is 0 Å². The van der Waals surface area contributed by atoms with E-state index in [2.05, 4.69) is 25.7 Å². The van der Waals surface area contributed by atoms with Crippen molar-refractivity contribution in [2.24, 2.45) is 5.73 Å². The van der Waals surface area contributed by atoms with Crippen molar-refractivity contribution in [2.45, 2.75) is 33.7 Å². The van der Waals surface area contributed by atoms with E-state index in [0.717, 1.165) is 0 Å². The largest absolute Gasteiger partial charge is 0.480 e. The fourth-order valence-electron chi connectivity index (χ4n) is 0.671. The molecule has 13 heavy (non-hydrogen) atoms. The van der Waals surface area contributed by atoms with Gasteiger partial charge in [0.15, 0.2) is 0 Å². The van der Waals surface area contributed by atoms with Crippen molar-refractivity contribution in [3.8, 4) is 0 Å². The van der Waals surface area contributed by atoms with Crippen molar-refractivity contribution in [1.82, 2.24) is 4.90 Å². The van der Waals surface area contributed by atoms with Crippen LogP contribution in [0.2, 0.25) is 0 Å². The monoisotopic (exact) mass is 190 g/mol. The summed E-state index contributed by atoms with van der Waals surface area (Å²) in [4.78, 5) is 11.9. The second-order valence-electron chi connectivity index (χ2n) is 2.75. The first kappa shape index (κ1) is 14.9. The lowest BCUT2D eigenvalue weighted by molar-refractivity contribution is -0.138. The zero-order chi connectivity index (χ0) is 10.9. The molecule has 80 valence electrons. The van der Waals surface area contributed by atoms with E-state index in [4.69, 9.17) is 10.8 Å². The van der Waals surface area contributed by atoms with Gasteiger partial charge >= 0.3 is 5.97 Å². The predicted molar refractivity (Wildman–Crippen MR) is 54.7 cm³/mol. The summed E-state index contributed by atoms with van der Waals surface area (Å²) in [5, 5.41) is 7.87. The molecule has 0 saturated heterocycles. The molecule has 0 amide bonds. The molecular weight excluding hydrogens is 168 g/mol. The number of aliphatic carboxylic acids is 1. The SMILES string of the molecule is CC(N)C(=O)O.CCN(CC)CC. The van der Waals surface area contributed by atoms with Crippen molar-refractivity contribution in [3.63, 3.8) is 0 Å². The molecule has 4 nitrogen and oxygen atoms in total. The molecule has 0 fully saturated rings. The molecule has 0 aromatic rings. The summed E-state index contributed by atoms with van der Waals surface area (Å²) in [5.41, 5.74) is 4.84. The molecule has 0 rings (SSSR count). The first-order chi connectivity index (χ1) is 5.99. The Balaban J connectivity index is 0. The van der Waals surface area contributed by atoms with Crippen molar-refractivity contribution in [2.75, 3.05) is 19.6 Å². The lowest BCUT2D eigenvalue weighted by Crippen LogP contribution is -2.25. The van der Waals surface area contributed by atoms with E-state index in [1.165, 1.54) is 26.6 Å². The fourth-order valence-corrected chi connectivity index (χ4v) is 0.671. The second-order valence-corrected chi connectivity index (χ2v) is 2.75. The number of nitrogens with two attached hydrogens (primary N) is 1. The lowest BCUT2D eigenvalue weighted by Gasteiger charge is -2.13. The van der Waals surface area contributed by atoms with Crippen LogP contribution in [0.15, 0.2) is 0 Å². The Bertz CT molecular complexity index is 117. The van der Waals surface area contributed by atoms with Gasteiger partial charge in [0.05, 0.1) is 0 Å². The van der Waals surface area contributed by atoms with Crippen LogP contribution in [-0.4, -0.2) is 41.7 Å². The van der Waals surface area contributed by atoms with Crippen LogP contribution in [0.3, 0.4) is 0 Å². The summed E-state index contributed by atoms with van der Waals surface area (Å²) >= 11 is 0. The number of carbonyl (C=O) groups is 1. The van der Waals surface area contributed by atoms with Gasteiger partial charge < -0.3 is 15.7 Å². The van der Waals surface area contributed by atoms with Crippen molar-refractivity contribution >= 4 is 5.97 Å². The third-order valence-corrected chi connectivity index (χ3v) is 1.73. The maximum Gasteiger partial charge on any atom is 0.320 e. The van der Waals surface area contributed by atoms with Crippen LogP contribution >= 0.6 is 0 Å². The van der Waals surface area contributed by atoms with Crippen LogP contribution in [0.4, 0.5) is 0 Å². The third kappa shape index (κ3) is 11.4. The summed E-state index contributed by atoms with van der Waals surface area (Å²) in [7, 11) is 0. The molecule has 0 aliphatic rings. The van der Waals surface area contributed by atoms with Gasteiger partial charge in [-0.25, -0.2) is 0 Å². The standard InChI is InChI=1S/C6H15N.C3H7NO2/c1-4-7(5-2)6-3;1-2(4)3(5)6/h4-6H2,1-3H3;2H,4H2,1H3,(H,5,6). The average molecular weight is 190 g/mol. The quantitative estimate of drug-likeness (QED) is 0.687. The number of hydrogen-bond donors (Lipinski definition) is 2. The van der Waals surface area contributed by atoms with Crippen molar-refractivity contribution in [3.05, 3.63) is 0 Å². The Morgan fingerprint density at radius 1 is 1.31 bits per heavy atom. The Labute approximate surface area is 80.7 Å². The topological polar surface area (TPSA) is 66.6 Å². The summed E-state index contributed by atoms with van der Waals surface area (Å²) in [6.45, 7) is 11.5. The number of rotatable bonds is 4. The molecule has 1 unspecified atom stereocenters. The summed E-state index contributed by atoms with van der Waals surface area (Å²) < 4.78 is 0. The zero-order valence-corrected chi connectivity index (χ0v) is 9.08. The molecule has 1 atom stereocenters. The van der Waals surface area contributed by atoms with Gasteiger partial charge in [0, 0.05) is 0 Å². The molecular formula is C9H22N2O2. The maximum atomic E-state index is 9.57. The van der Waals surface area contributed by atoms with Crippen LogP contribution in [0.25, 0.3) is 0 Å². The molecule has 4 heteroatoms. The highest BCUT2D eigenvalue weighted by atomic mass is 16.4. The first-order valence-electron chi connectivity index (χ1n) is 4.70. The highest BCUT2D eigenvalue weighted by Gasteiger charge is 1.99. The van der Waals surface area contributed by atoms with E-state index in [1.807, 2.05) is 0 Å². The van der Waals surface area contributed by atoms with E-state index < -0.39 is 12.0 Å². The minimum absolute atomic E-state index is 0.731. The van der Waals surface area contributed by atoms with Gasteiger partial charge in [-0.05, 0) is 26.6 Å². The van der Waals surface area contributed by atoms with Crippen molar-refractivity contribution < 1.29 is 9.90 Å². The normalized spacial score (nSPS) is 11.8. The fraction of sp³-hybridized carbons (Fsp3) is 0.889. The van der Waals surface area contributed by atoms with E-state index in [-0.39, 0.29) is 0 Å². The molecule has 0 heterocycles. The van der Waals surface area contributed by atoms with Crippen LogP contribution < -0.4 is 5.73 Å². The number of carboxylic acids is 1. The summed E-state index contributed by atoms with van der Waals surface area (Å²) in [6.07, 6.45) is 0. The maximum absolute atomic E-state index is 9.57. The molecule has 3 N–H and O–H groups in total. The Morgan fingerprint density at radius 2 is 1.54 bits per heavy atom. The molecule has 0 bridgehead atoms. The molecule has 0 spiro atoms. The van der Waals surface area contributed by atoms with Gasteiger partial charge in [-0.1, -0.05) is 20.8 Å². The van der Waals surface area contributed by atoms with E-state index in [0.29, 0.717) is 0 Å². The average Bonchev–Trinajstić information content (AvgIpc) is 2.08. The molecule has 0 aromatic carbocycles. The number of carboxylic acid groups (broad SMARTS) is 1. The van der Waals surface area contributed by atoms with Crippen LogP contribution in [0.1, 0.15) is 27.7 Å². The van der Waals surface area contributed by atoms with Gasteiger partial charge in [0.25, 0.3) is 0 Å².